The first kappa shape index (κ1) is 23.8. The van der Waals surface area contributed by atoms with E-state index >= 15 is 0 Å². The van der Waals surface area contributed by atoms with Gasteiger partial charge >= 0.3 is 0 Å². The van der Waals surface area contributed by atoms with E-state index < -0.39 is 15.9 Å². The maximum Gasteiger partial charge on any atom is 0.243 e. The van der Waals surface area contributed by atoms with E-state index in [0.717, 1.165) is 14.3 Å². The minimum atomic E-state index is -3.90. The number of rotatable bonds is 9. The number of halogens is 1. The predicted octanol–water partition coefficient (Wildman–Crippen LogP) is 4.30. The molecule has 0 aliphatic carbocycles. The predicted molar refractivity (Wildman–Crippen MR) is 126 cm³/mol. The Bertz CT molecular complexity index is 1170. The molecule has 0 unspecified atom stereocenters. The van der Waals surface area contributed by atoms with Crippen LogP contribution in [-0.2, 0) is 21.4 Å². The van der Waals surface area contributed by atoms with Gasteiger partial charge in [-0.15, -0.1) is 0 Å². The SMILES string of the molecule is COc1ccc(NC(=O)CN(Cc2ccc(Br)cc2)S(=O)(=O)c2ccccc2)cc1OC. The van der Waals surface area contributed by atoms with Crippen molar-refractivity contribution < 1.29 is 22.7 Å². The van der Waals surface area contributed by atoms with E-state index in [0.29, 0.717) is 17.2 Å². The Hall–Kier alpha value is -2.88. The molecule has 0 fully saturated rings. The Morgan fingerprint density at radius 2 is 1.59 bits per heavy atom. The summed E-state index contributed by atoms with van der Waals surface area (Å²) in [6, 6.07) is 20.3. The molecular formula is C23H23BrN2O5S. The Labute approximate surface area is 196 Å². The highest BCUT2D eigenvalue weighted by Crippen LogP contribution is 2.29. The minimum Gasteiger partial charge on any atom is -0.493 e. The molecule has 0 saturated heterocycles. The smallest absolute Gasteiger partial charge is 0.243 e. The fourth-order valence-electron chi connectivity index (χ4n) is 3.04. The van der Waals surface area contributed by atoms with Crippen LogP contribution in [0.5, 0.6) is 11.5 Å². The molecule has 32 heavy (non-hydrogen) atoms. The van der Waals surface area contributed by atoms with Gasteiger partial charge in [-0.3, -0.25) is 4.79 Å². The highest BCUT2D eigenvalue weighted by atomic mass is 79.9. The van der Waals surface area contributed by atoms with Crippen molar-refractivity contribution >= 4 is 37.5 Å². The molecule has 168 valence electrons. The molecule has 0 bridgehead atoms. The summed E-state index contributed by atoms with van der Waals surface area (Å²) in [5.41, 5.74) is 1.22. The molecule has 0 aliphatic rings. The Morgan fingerprint density at radius 1 is 0.938 bits per heavy atom. The highest BCUT2D eigenvalue weighted by Gasteiger charge is 2.27. The van der Waals surface area contributed by atoms with Crippen molar-refractivity contribution in [3.63, 3.8) is 0 Å². The van der Waals surface area contributed by atoms with Crippen LogP contribution < -0.4 is 14.8 Å². The number of hydrogen-bond donors (Lipinski definition) is 1. The number of carbonyl (C=O) groups is 1. The average Bonchev–Trinajstić information content (AvgIpc) is 2.80. The third kappa shape index (κ3) is 5.87. The molecular weight excluding hydrogens is 496 g/mol. The Kier molecular flexibility index (Phi) is 7.89. The number of sulfonamides is 1. The van der Waals surface area contributed by atoms with Gasteiger partial charge in [-0.2, -0.15) is 4.31 Å². The van der Waals surface area contributed by atoms with Gasteiger partial charge in [-0.05, 0) is 42.0 Å². The molecule has 3 rings (SSSR count). The van der Waals surface area contributed by atoms with Crippen molar-refractivity contribution in [1.82, 2.24) is 4.31 Å². The first-order valence-electron chi connectivity index (χ1n) is 9.65. The molecule has 0 saturated carbocycles. The molecule has 1 N–H and O–H groups in total. The number of benzene rings is 3. The number of anilines is 1. The van der Waals surface area contributed by atoms with Crippen LogP contribution >= 0.6 is 15.9 Å². The van der Waals surface area contributed by atoms with E-state index in [1.165, 1.54) is 26.4 Å². The monoisotopic (exact) mass is 518 g/mol. The van der Waals surface area contributed by atoms with E-state index in [4.69, 9.17) is 9.47 Å². The van der Waals surface area contributed by atoms with Gasteiger partial charge in [-0.1, -0.05) is 46.3 Å². The topological polar surface area (TPSA) is 84.9 Å². The van der Waals surface area contributed by atoms with Crippen LogP contribution in [0.15, 0.2) is 82.2 Å². The van der Waals surface area contributed by atoms with Gasteiger partial charge in [-0.25, -0.2) is 8.42 Å². The first-order valence-corrected chi connectivity index (χ1v) is 11.9. The number of nitrogens with one attached hydrogen (secondary N) is 1. The lowest BCUT2D eigenvalue weighted by Gasteiger charge is -2.22. The number of hydrogen-bond acceptors (Lipinski definition) is 5. The molecule has 0 aliphatic heterocycles. The molecule has 3 aromatic carbocycles. The van der Waals surface area contributed by atoms with Crippen molar-refractivity contribution in [2.24, 2.45) is 0 Å². The van der Waals surface area contributed by atoms with Crippen LogP contribution in [-0.4, -0.2) is 39.4 Å². The van der Waals surface area contributed by atoms with Crippen LogP contribution in [0.4, 0.5) is 5.69 Å². The third-order valence-electron chi connectivity index (χ3n) is 4.64. The zero-order chi connectivity index (χ0) is 23.1. The van der Waals surface area contributed by atoms with Crippen LogP contribution in [0.3, 0.4) is 0 Å². The maximum atomic E-state index is 13.3. The quantitative estimate of drug-likeness (QED) is 0.456. The van der Waals surface area contributed by atoms with Crippen molar-refractivity contribution in [2.45, 2.75) is 11.4 Å². The summed E-state index contributed by atoms with van der Waals surface area (Å²) in [5, 5.41) is 2.73. The Morgan fingerprint density at radius 3 is 2.22 bits per heavy atom. The first-order chi connectivity index (χ1) is 15.3. The second-order valence-electron chi connectivity index (χ2n) is 6.83. The largest absolute Gasteiger partial charge is 0.493 e. The van der Waals surface area contributed by atoms with Gasteiger partial charge in [0.1, 0.15) is 0 Å². The van der Waals surface area contributed by atoms with E-state index in [9.17, 15) is 13.2 Å². The number of ether oxygens (including phenoxy) is 2. The fraction of sp³-hybridized carbons (Fsp3) is 0.174. The van der Waals surface area contributed by atoms with Gasteiger partial charge in [0.2, 0.25) is 15.9 Å². The summed E-state index contributed by atoms with van der Waals surface area (Å²) < 4.78 is 39.0. The number of amides is 1. The molecule has 0 spiro atoms. The average molecular weight is 519 g/mol. The summed E-state index contributed by atoms with van der Waals surface area (Å²) in [7, 11) is -0.890. The molecule has 0 radical (unpaired) electrons. The molecule has 7 nitrogen and oxygen atoms in total. The summed E-state index contributed by atoms with van der Waals surface area (Å²) in [4.78, 5) is 12.9. The second-order valence-corrected chi connectivity index (χ2v) is 9.68. The Balaban J connectivity index is 1.84. The van der Waals surface area contributed by atoms with Crippen LogP contribution in [0.1, 0.15) is 5.56 Å². The summed E-state index contributed by atoms with van der Waals surface area (Å²) >= 11 is 3.37. The van der Waals surface area contributed by atoms with E-state index in [1.807, 2.05) is 24.3 Å². The second kappa shape index (κ2) is 10.6. The van der Waals surface area contributed by atoms with Crippen LogP contribution in [0, 0.1) is 0 Å². The van der Waals surface area contributed by atoms with Crippen molar-refractivity contribution in [3.8, 4) is 11.5 Å². The zero-order valence-electron chi connectivity index (χ0n) is 17.6. The van der Waals surface area contributed by atoms with Crippen LogP contribution in [0.2, 0.25) is 0 Å². The molecule has 9 heteroatoms. The van der Waals surface area contributed by atoms with Crippen molar-refractivity contribution in [2.75, 3.05) is 26.1 Å². The van der Waals surface area contributed by atoms with Gasteiger partial charge in [0, 0.05) is 22.8 Å². The van der Waals surface area contributed by atoms with Gasteiger partial charge in [0.15, 0.2) is 11.5 Å². The van der Waals surface area contributed by atoms with E-state index in [2.05, 4.69) is 21.2 Å². The summed E-state index contributed by atoms with van der Waals surface area (Å²) in [6.07, 6.45) is 0. The lowest BCUT2D eigenvalue weighted by molar-refractivity contribution is -0.116. The maximum absolute atomic E-state index is 13.3. The number of methoxy groups -OCH3 is 2. The fourth-order valence-corrected chi connectivity index (χ4v) is 4.71. The third-order valence-corrected chi connectivity index (χ3v) is 6.98. The molecule has 0 heterocycles. The molecule has 1 amide bonds. The standard InChI is InChI=1S/C23H23BrN2O5S/c1-30-21-13-12-19(14-22(21)31-2)25-23(27)16-26(15-17-8-10-18(24)11-9-17)32(28,29)20-6-4-3-5-7-20/h3-14H,15-16H2,1-2H3,(H,25,27). The summed E-state index contributed by atoms with van der Waals surface area (Å²) in [5.74, 6) is 0.497. The van der Waals surface area contributed by atoms with E-state index in [1.54, 1.807) is 36.4 Å². The van der Waals surface area contributed by atoms with Crippen molar-refractivity contribution in [1.29, 1.82) is 0 Å². The number of carbonyl (C=O) groups excluding carboxylic acids is 1. The van der Waals surface area contributed by atoms with Crippen LogP contribution in [0.25, 0.3) is 0 Å². The van der Waals surface area contributed by atoms with Gasteiger partial charge < -0.3 is 14.8 Å². The van der Waals surface area contributed by atoms with Gasteiger partial charge in [0.25, 0.3) is 0 Å². The summed E-state index contributed by atoms with van der Waals surface area (Å²) in [6.45, 7) is -0.314. The lowest BCUT2D eigenvalue weighted by Crippen LogP contribution is -2.37. The lowest BCUT2D eigenvalue weighted by atomic mass is 10.2. The number of nitrogens with zero attached hydrogens (tertiary/aromatic N) is 1. The van der Waals surface area contributed by atoms with Gasteiger partial charge in [0.05, 0.1) is 25.7 Å². The molecule has 0 atom stereocenters. The van der Waals surface area contributed by atoms with E-state index in [-0.39, 0.29) is 18.0 Å². The van der Waals surface area contributed by atoms with Crippen molar-refractivity contribution in [3.05, 3.63) is 82.8 Å². The molecule has 3 aromatic rings. The highest BCUT2D eigenvalue weighted by molar-refractivity contribution is 9.10. The normalized spacial score (nSPS) is 11.2. The zero-order valence-corrected chi connectivity index (χ0v) is 20.0. The molecule has 0 aromatic heterocycles. The minimum absolute atomic E-state index is 0.0455.